The van der Waals surface area contributed by atoms with Gasteiger partial charge in [-0.1, -0.05) is 0 Å². The minimum Gasteiger partial charge on any atom is -0.486 e. The maximum atomic E-state index is 14.2. The third-order valence-corrected chi connectivity index (χ3v) is 6.70. The van der Waals surface area contributed by atoms with Crippen LogP contribution in [0.3, 0.4) is 0 Å². The molecule has 11 heteroatoms. The van der Waals surface area contributed by atoms with Crippen molar-refractivity contribution in [2.24, 2.45) is 5.92 Å². The molecule has 0 aliphatic carbocycles. The van der Waals surface area contributed by atoms with Crippen LogP contribution >= 0.6 is 0 Å². The Morgan fingerprint density at radius 3 is 2.81 bits per heavy atom. The van der Waals surface area contributed by atoms with Crippen molar-refractivity contribution in [2.75, 3.05) is 32.8 Å². The number of benzene rings is 1. The standard InChI is InChI=1S/C25H26F2N4O5/c26-15-8-19(27)17-7-14(24(32)30-21(17)9-15)1-3-31-4-2-20(18(13-31)25(33)34)29-11-16-10-22-23(12-28-16)36-6-5-35-22/h7-10,12,18,20,29H,1-6,11,13H2,(H,30,32)(H,33,34)/t18-,20+/m0/s1. The van der Waals surface area contributed by atoms with Crippen molar-refractivity contribution >= 4 is 16.9 Å². The van der Waals surface area contributed by atoms with Crippen LogP contribution in [0.2, 0.25) is 0 Å². The third-order valence-electron chi connectivity index (χ3n) is 6.70. The molecule has 2 atom stereocenters. The Balaban J connectivity index is 1.20. The first-order valence-electron chi connectivity index (χ1n) is 11.8. The quantitative estimate of drug-likeness (QED) is 0.452. The zero-order chi connectivity index (χ0) is 25.2. The molecule has 3 aromatic rings. The molecule has 190 valence electrons. The minimum absolute atomic E-state index is 0.103. The van der Waals surface area contributed by atoms with Gasteiger partial charge < -0.3 is 29.8 Å². The number of hydrogen-bond acceptors (Lipinski definition) is 7. The van der Waals surface area contributed by atoms with E-state index >= 15 is 0 Å². The fraction of sp³-hybridized carbons (Fsp3) is 0.400. The summed E-state index contributed by atoms with van der Waals surface area (Å²) in [6, 6.07) is 4.85. The molecule has 0 radical (unpaired) electrons. The Labute approximate surface area is 205 Å². The molecule has 2 aliphatic rings. The largest absolute Gasteiger partial charge is 0.486 e. The van der Waals surface area contributed by atoms with E-state index in [-0.39, 0.29) is 16.9 Å². The second kappa shape index (κ2) is 10.2. The average Bonchev–Trinajstić information content (AvgIpc) is 2.86. The lowest BCUT2D eigenvalue weighted by Gasteiger charge is -2.37. The number of nitrogens with one attached hydrogen (secondary N) is 2. The fourth-order valence-corrected chi connectivity index (χ4v) is 4.78. The van der Waals surface area contributed by atoms with Crippen LogP contribution < -0.4 is 20.3 Å². The van der Waals surface area contributed by atoms with Crippen molar-refractivity contribution in [3.05, 3.63) is 63.7 Å². The van der Waals surface area contributed by atoms with Crippen molar-refractivity contribution in [3.63, 3.8) is 0 Å². The van der Waals surface area contributed by atoms with Crippen molar-refractivity contribution in [1.29, 1.82) is 0 Å². The van der Waals surface area contributed by atoms with E-state index in [2.05, 4.69) is 15.3 Å². The number of fused-ring (bicyclic) bond motifs is 2. The van der Waals surface area contributed by atoms with Gasteiger partial charge in [0.1, 0.15) is 24.8 Å². The smallest absolute Gasteiger partial charge is 0.309 e. The lowest BCUT2D eigenvalue weighted by atomic mass is 9.91. The normalized spacial score (nSPS) is 19.9. The van der Waals surface area contributed by atoms with Crippen LogP contribution in [0.4, 0.5) is 8.78 Å². The highest BCUT2D eigenvalue weighted by Crippen LogP contribution is 2.29. The number of piperidine rings is 1. The number of carboxylic acid groups (broad SMARTS) is 1. The Hall–Kier alpha value is -3.57. The first-order chi connectivity index (χ1) is 17.4. The minimum atomic E-state index is -0.903. The lowest BCUT2D eigenvalue weighted by molar-refractivity contribution is -0.144. The number of ether oxygens (including phenoxy) is 2. The predicted molar refractivity (Wildman–Crippen MR) is 126 cm³/mol. The van der Waals surface area contributed by atoms with E-state index in [1.165, 1.54) is 6.07 Å². The summed E-state index contributed by atoms with van der Waals surface area (Å²) in [5, 5.41) is 13.3. The molecule has 1 fully saturated rings. The SMILES string of the molecule is O=C(O)[C@H]1CN(CCc2cc3c(F)cc(F)cc3[nH]c2=O)CC[C@H]1NCc1cc2c(cn1)OCCO2. The Morgan fingerprint density at radius 1 is 1.19 bits per heavy atom. The second-order valence-corrected chi connectivity index (χ2v) is 9.06. The first kappa shape index (κ1) is 24.1. The number of H-pyrrole nitrogens is 1. The summed E-state index contributed by atoms with van der Waals surface area (Å²) >= 11 is 0. The molecule has 0 unspecified atom stereocenters. The molecule has 1 aromatic carbocycles. The van der Waals surface area contributed by atoms with Crippen LogP contribution in [0.15, 0.2) is 35.3 Å². The van der Waals surface area contributed by atoms with Gasteiger partial charge in [0.2, 0.25) is 0 Å². The van der Waals surface area contributed by atoms with E-state index < -0.39 is 29.1 Å². The predicted octanol–water partition coefficient (Wildman–Crippen LogP) is 2.08. The number of nitrogens with zero attached hydrogens (tertiary/aromatic N) is 2. The number of carbonyl (C=O) groups is 1. The number of pyridine rings is 2. The number of carboxylic acids is 1. The van der Waals surface area contributed by atoms with Crippen LogP contribution in [0, 0.1) is 17.6 Å². The van der Waals surface area contributed by atoms with Crippen LogP contribution in [0.25, 0.3) is 10.9 Å². The number of rotatable bonds is 7. The van der Waals surface area contributed by atoms with E-state index in [0.717, 1.165) is 17.8 Å². The van der Waals surface area contributed by atoms with E-state index in [9.17, 15) is 23.5 Å². The lowest BCUT2D eigenvalue weighted by Crippen LogP contribution is -2.52. The summed E-state index contributed by atoms with van der Waals surface area (Å²) in [7, 11) is 0. The van der Waals surface area contributed by atoms with Gasteiger partial charge in [-0.3, -0.25) is 14.6 Å². The molecule has 3 N–H and O–H groups in total. The Morgan fingerprint density at radius 2 is 2.00 bits per heavy atom. The van der Waals surface area contributed by atoms with Crippen molar-refractivity contribution in [2.45, 2.75) is 25.4 Å². The Kier molecular flexibility index (Phi) is 6.84. The highest BCUT2D eigenvalue weighted by atomic mass is 19.1. The van der Waals surface area contributed by atoms with E-state index in [1.54, 1.807) is 12.3 Å². The summed E-state index contributed by atoms with van der Waals surface area (Å²) < 4.78 is 38.7. The number of aromatic amines is 1. The van der Waals surface area contributed by atoms with Gasteiger partial charge in [-0.2, -0.15) is 0 Å². The summed E-state index contributed by atoms with van der Waals surface area (Å²) in [4.78, 5) is 33.3. The van der Waals surface area contributed by atoms with Gasteiger partial charge in [-0.15, -0.1) is 0 Å². The number of aromatic nitrogens is 2. The number of halogens is 2. The topological polar surface area (TPSA) is 117 Å². The average molecular weight is 501 g/mol. The molecule has 9 nitrogen and oxygen atoms in total. The fourth-order valence-electron chi connectivity index (χ4n) is 4.78. The van der Waals surface area contributed by atoms with Gasteiger partial charge in [0.15, 0.2) is 11.5 Å². The molecule has 0 spiro atoms. The van der Waals surface area contributed by atoms with E-state index in [0.29, 0.717) is 69.3 Å². The van der Waals surface area contributed by atoms with Crippen LogP contribution in [-0.4, -0.2) is 64.8 Å². The molecular weight excluding hydrogens is 474 g/mol. The molecule has 1 saturated heterocycles. The maximum absolute atomic E-state index is 14.2. The van der Waals surface area contributed by atoms with Gasteiger partial charge in [-0.25, -0.2) is 8.78 Å². The summed E-state index contributed by atoms with van der Waals surface area (Å²) in [6.45, 7) is 2.74. The van der Waals surface area contributed by atoms with Crippen molar-refractivity contribution in [1.82, 2.24) is 20.2 Å². The number of aliphatic carboxylic acids is 1. The maximum Gasteiger partial charge on any atom is 0.309 e. The molecule has 2 aliphatic heterocycles. The van der Waals surface area contributed by atoms with Crippen LogP contribution in [0.5, 0.6) is 11.5 Å². The summed E-state index contributed by atoms with van der Waals surface area (Å²) in [5.74, 6) is -1.82. The summed E-state index contributed by atoms with van der Waals surface area (Å²) in [6.07, 6.45) is 2.52. The molecule has 5 rings (SSSR count). The summed E-state index contributed by atoms with van der Waals surface area (Å²) in [5.41, 5.74) is 0.788. The zero-order valence-corrected chi connectivity index (χ0v) is 19.4. The highest BCUT2D eigenvalue weighted by molar-refractivity contribution is 5.79. The molecular formula is C25H26F2N4O5. The second-order valence-electron chi connectivity index (χ2n) is 9.06. The van der Waals surface area contributed by atoms with E-state index in [4.69, 9.17) is 9.47 Å². The van der Waals surface area contributed by atoms with Crippen LogP contribution in [0.1, 0.15) is 17.7 Å². The van der Waals surface area contributed by atoms with Gasteiger partial charge >= 0.3 is 5.97 Å². The zero-order valence-electron chi connectivity index (χ0n) is 19.4. The number of likely N-dealkylation sites (tertiary alicyclic amines) is 1. The number of hydrogen-bond donors (Lipinski definition) is 3. The van der Waals surface area contributed by atoms with Gasteiger partial charge in [0, 0.05) is 48.8 Å². The van der Waals surface area contributed by atoms with E-state index in [1.807, 2.05) is 4.90 Å². The van der Waals surface area contributed by atoms with Gasteiger partial charge in [0.05, 0.1) is 23.3 Å². The molecule has 0 saturated carbocycles. The van der Waals surface area contributed by atoms with Crippen molar-refractivity contribution < 1.29 is 28.2 Å². The van der Waals surface area contributed by atoms with Gasteiger partial charge in [0.25, 0.3) is 5.56 Å². The first-order valence-corrected chi connectivity index (χ1v) is 11.8. The van der Waals surface area contributed by atoms with Crippen molar-refractivity contribution in [3.8, 4) is 11.5 Å². The molecule has 0 bridgehead atoms. The highest BCUT2D eigenvalue weighted by Gasteiger charge is 2.34. The van der Waals surface area contributed by atoms with Gasteiger partial charge in [-0.05, 0) is 31.5 Å². The molecule has 0 amide bonds. The monoisotopic (exact) mass is 500 g/mol. The molecule has 2 aromatic heterocycles. The molecule has 36 heavy (non-hydrogen) atoms. The van der Waals surface area contributed by atoms with Crippen LogP contribution in [-0.2, 0) is 17.8 Å². The third kappa shape index (κ3) is 5.17. The Bertz CT molecular complexity index is 1350. The molecule has 4 heterocycles.